The maximum absolute atomic E-state index is 11.6. The number of esters is 1. The number of hydrogen-bond acceptors (Lipinski definition) is 3. The number of carbonyl (C=O) groups is 1. The first-order valence-electron chi connectivity index (χ1n) is 15.4. The minimum Gasteiger partial charge on any atom is -0.462 e. The average molecular weight is 551 g/mol. The number of aryl methyl sites for hydroxylation is 5. The van der Waals surface area contributed by atoms with Crippen LogP contribution in [0.15, 0.2) is 78.9 Å². The van der Waals surface area contributed by atoms with Gasteiger partial charge in [0.25, 0.3) is 0 Å². The van der Waals surface area contributed by atoms with Crippen LogP contribution in [0.2, 0.25) is 0 Å². The van der Waals surface area contributed by atoms with Crippen molar-refractivity contribution in [3.8, 4) is 0 Å². The highest BCUT2D eigenvalue weighted by molar-refractivity contribution is 6.07. The molecule has 0 fully saturated rings. The first-order chi connectivity index (χ1) is 19.9. The minimum atomic E-state index is -0.384. The summed E-state index contributed by atoms with van der Waals surface area (Å²) in [5.41, 5.74) is 7.46. The SMILES string of the molecule is C=C(C)C(=O)OCC(CO)CCCCc1ccc(CCc2ccc3c(ccc4cc(CCC)ccc43)c2)c(CC)c1. The van der Waals surface area contributed by atoms with Crippen LogP contribution in [-0.4, -0.2) is 24.3 Å². The van der Waals surface area contributed by atoms with Gasteiger partial charge in [0.1, 0.15) is 0 Å². The summed E-state index contributed by atoms with van der Waals surface area (Å²) in [7, 11) is 0. The summed E-state index contributed by atoms with van der Waals surface area (Å²) in [6, 6.07) is 25.5. The van der Waals surface area contributed by atoms with Crippen LogP contribution >= 0.6 is 0 Å². The molecule has 0 aliphatic carbocycles. The van der Waals surface area contributed by atoms with Crippen LogP contribution in [-0.2, 0) is 41.6 Å². The smallest absolute Gasteiger partial charge is 0.333 e. The summed E-state index contributed by atoms with van der Waals surface area (Å²) in [5.74, 6) is -0.398. The third-order valence-electron chi connectivity index (χ3n) is 8.22. The van der Waals surface area contributed by atoms with E-state index in [4.69, 9.17) is 4.74 Å². The van der Waals surface area contributed by atoms with Gasteiger partial charge in [-0.25, -0.2) is 4.79 Å². The Labute approximate surface area is 246 Å². The molecule has 4 aromatic rings. The summed E-state index contributed by atoms with van der Waals surface area (Å²) in [6.07, 6.45) is 9.35. The fourth-order valence-corrected chi connectivity index (χ4v) is 5.76. The zero-order chi connectivity index (χ0) is 29.2. The lowest BCUT2D eigenvalue weighted by Gasteiger charge is -2.15. The van der Waals surface area contributed by atoms with Crippen LogP contribution in [0.1, 0.15) is 74.3 Å². The molecule has 0 aliphatic rings. The molecule has 4 aromatic carbocycles. The molecule has 0 spiro atoms. The largest absolute Gasteiger partial charge is 0.462 e. The Morgan fingerprint density at radius 2 is 1.41 bits per heavy atom. The summed E-state index contributed by atoms with van der Waals surface area (Å²) >= 11 is 0. The van der Waals surface area contributed by atoms with Crippen molar-refractivity contribution in [2.75, 3.05) is 13.2 Å². The molecular formula is C38H46O3. The number of hydrogen-bond donors (Lipinski definition) is 1. The van der Waals surface area contributed by atoms with Crippen LogP contribution in [0.3, 0.4) is 0 Å². The first-order valence-corrected chi connectivity index (χ1v) is 15.4. The van der Waals surface area contributed by atoms with Crippen molar-refractivity contribution in [1.29, 1.82) is 0 Å². The highest BCUT2D eigenvalue weighted by atomic mass is 16.5. The maximum atomic E-state index is 11.6. The zero-order valence-electron chi connectivity index (χ0n) is 25.2. The maximum Gasteiger partial charge on any atom is 0.333 e. The van der Waals surface area contributed by atoms with Crippen molar-refractivity contribution >= 4 is 27.5 Å². The molecule has 3 heteroatoms. The second kappa shape index (κ2) is 15.0. The molecule has 0 aliphatic heterocycles. The van der Waals surface area contributed by atoms with Crippen LogP contribution in [0.25, 0.3) is 21.5 Å². The lowest BCUT2D eigenvalue weighted by Crippen LogP contribution is -2.17. The lowest BCUT2D eigenvalue weighted by atomic mass is 9.93. The second-order valence-electron chi connectivity index (χ2n) is 11.6. The van der Waals surface area contributed by atoms with E-state index in [0.717, 1.165) is 51.4 Å². The molecule has 0 heterocycles. The second-order valence-corrected chi connectivity index (χ2v) is 11.6. The van der Waals surface area contributed by atoms with Crippen LogP contribution in [0.4, 0.5) is 0 Å². The van der Waals surface area contributed by atoms with E-state index < -0.39 is 0 Å². The molecule has 1 unspecified atom stereocenters. The van der Waals surface area contributed by atoms with Crippen molar-refractivity contribution in [3.63, 3.8) is 0 Å². The van der Waals surface area contributed by atoms with Gasteiger partial charge in [-0.3, -0.25) is 0 Å². The summed E-state index contributed by atoms with van der Waals surface area (Å²) in [4.78, 5) is 11.6. The average Bonchev–Trinajstić information content (AvgIpc) is 2.99. The number of benzene rings is 4. The number of aliphatic hydroxyl groups excluding tert-OH is 1. The van der Waals surface area contributed by atoms with Crippen LogP contribution in [0, 0.1) is 5.92 Å². The van der Waals surface area contributed by atoms with Gasteiger partial charge >= 0.3 is 5.97 Å². The van der Waals surface area contributed by atoms with Gasteiger partial charge in [-0.2, -0.15) is 0 Å². The van der Waals surface area contributed by atoms with Gasteiger partial charge in [0.05, 0.1) is 6.61 Å². The molecule has 41 heavy (non-hydrogen) atoms. The molecule has 1 N–H and O–H groups in total. The normalized spacial score (nSPS) is 12.1. The fourth-order valence-electron chi connectivity index (χ4n) is 5.76. The van der Waals surface area contributed by atoms with Crippen molar-refractivity contribution in [2.24, 2.45) is 5.92 Å². The topological polar surface area (TPSA) is 46.5 Å². The van der Waals surface area contributed by atoms with E-state index in [9.17, 15) is 9.90 Å². The third-order valence-corrected chi connectivity index (χ3v) is 8.22. The van der Waals surface area contributed by atoms with Gasteiger partial charge in [-0.1, -0.05) is 100.0 Å². The lowest BCUT2D eigenvalue weighted by molar-refractivity contribution is -0.140. The van der Waals surface area contributed by atoms with Gasteiger partial charge in [0.2, 0.25) is 0 Å². The third kappa shape index (κ3) is 8.30. The summed E-state index contributed by atoms with van der Waals surface area (Å²) in [6.45, 7) is 10.0. The van der Waals surface area contributed by atoms with E-state index in [0.29, 0.717) is 5.57 Å². The van der Waals surface area contributed by atoms with Crippen molar-refractivity contribution in [1.82, 2.24) is 0 Å². The Kier molecular flexibility index (Phi) is 11.2. The number of fused-ring (bicyclic) bond motifs is 3. The Morgan fingerprint density at radius 1 is 0.780 bits per heavy atom. The molecule has 0 amide bonds. The molecule has 0 radical (unpaired) electrons. The van der Waals surface area contributed by atoms with Gasteiger partial charge in [-0.05, 0) is 101 Å². The number of ether oxygens (including phenoxy) is 1. The summed E-state index contributed by atoms with van der Waals surface area (Å²) in [5, 5.41) is 15.0. The zero-order valence-corrected chi connectivity index (χ0v) is 25.2. The van der Waals surface area contributed by atoms with Crippen LogP contribution in [0.5, 0.6) is 0 Å². The molecule has 0 saturated heterocycles. The van der Waals surface area contributed by atoms with E-state index in [1.165, 1.54) is 55.8 Å². The number of carbonyl (C=O) groups excluding carboxylic acids is 1. The standard InChI is InChI=1S/C38H46O3/c1-5-9-28-14-20-36-34(23-28)18-19-35-24-30(15-21-37(35)36)13-17-33-16-12-29(22-32(33)6-2)10-7-8-11-31(25-39)26-41-38(40)27(3)4/h12,14-16,18-24,31,39H,3,5-11,13,17,25-26H2,1-2,4H3. The van der Waals surface area contributed by atoms with Gasteiger partial charge in [0, 0.05) is 18.1 Å². The number of rotatable bonds is 15. The van der Waals surface area contributed by atoms with E-state index in [1.54, 1.807) is 6.92 Å². The number of aliphatic hydroxyl groups is 1. The van der Waals surface area contributed by atoms with Gasteiger partial charge in [0.15, 0.2) is 0 Å². The predicted molar refractivity (Wildman–Crippen MR) is 173 cm³/mol. The van der Waals surface area contributed by atoms with E-state index in [-0.39, 0.29) is 25.1 Å². The minimum absolute atomic E-state index is 0.0145. The Hall–Kier alpha value is -3.43. The predicted octanol–water partition coefficient (Wildman–Crippen LogP) is 8.73. The van der Waals surface area contributed by atoms with E-state index in [1.807, 2.05) is 0 Å². The van der Waals surface area contributed by atoms with Crippen LogP contribution < -0.4 is 0 Å². The molecule has 216 valence electrons. The Balaban J connectivity index is 1.32. The molecule has 0 saturated carbocycles. The molecule has 3 nitrogen and oxygen atoms in total. The molecule has 0 aromatic heterocycles. The summed E-state index contributed by atoms with van der Waals surface area (Å²) < 4.78 is 5.22. The number of unbranched alkanes of at least 4 members (excludes halogenated alkanes) is 1. The highest BCUT2D eigenvalue weighted by Gasteiger charge is 2.12. The highest BCUT2D eigenvalue weighted by Crippen LogP contribution is 2.28. The molecule has 4 rings (SSSR count). The molecular weight excluding hydrogens is 504 g/mol. The van der Waals surface area contributed by atoms with Crippen molar-refractivity contribution in [3.05, 3.63) is 107 Å². The molecule has 1 atom stereocenters. The first kappa shape index (κ1) is 30.5. The monoisotopic (exact) mass is 550 g/mol. The Bertz CT molecular complexity index is 1480. The van der Waals surface area contributed by atoms with Gasteiger partial charge in [-0.15, -0.1) is 0 Å². The molecule has 0 bridgehead atoms. The van der Waals surface area contributed by atoms with Crippen molar-refractivity contribution in [2.45, 2.75) is 78.6 Å². The quantitative estimate of drug-likeness (QED) is 0.0697. The Morgan fingerprint density at radius 3 is 2.02 bits per heavy atom. The van der Waals surface area contributed by atoms with E-state index in [2.05, 4.69) is 87.2 Å². The van der Waals surface area contributed by atoms with Gasteiger partial charge < -0.3 is 9.84 Å². The fraction of sp³-hybridized carbons (Fsp3) is 0.395. The van der Waals surface area contributed by atoms with Crippen molar-refractivity contribution < 1.29 is 14.6 Å². The van der Waals surface area contributed by atoms with E-state index >= 15 is 0 Å².